The maximum absolute atomic E-state index is 11.4. The van der Waals surface area contributed by atoms with Crippen molar-refractivity contribution < 1.29 is 14.6 Å². The Hall–Kier alpha value is -0.830. The molecule has 0 rings (SSSR count). The molecule has 0 radical (unpaired) electrons. The highest BCUT2D eigenvalue weighted by Gasteiger charge is 2.23. The minimum atomic E-state index is -0.662. The van der Waals surface area contributed by atoms with Crippen molar-refractivity contribution in [3.63, 3.8) is 0 Å². The van der Waals surface area contributed by atoms with Gasteiger partial charge in [-0.1, -0.05) is 11.6 Å². The molecule has 0 aromatic rings. The van der Waals surface area contributed by atoms with Crippen LogP contribution in [0, 0.1) is 5.92 Å². The molecule has 82 valence electrons. The number of hydrogen-bond acceptors (Lipinski definition) is 3. The third kappa shape index (κ3) is 5.02. The van der Waals surface area contributed by atoms with Gasteiger partial charge in [0.2, 0.25) is 0 Å². The minimum Gasteiger partial charge on any atom is -0.466 e. The molecule has 3 heteroatoms. The fourth-order valence-electron chi connectivity index (χ4n) is 1.10. The van der Waals surface area contributed by atoms with Crippen molar-refractivity contribution in [3.05, 3.63) is 11.6 Å². The third-order valence-corrected chi connectivity index (χ3v) is 1.95. The van der Waals surface area contributed by atoms with Gasteiger partial charge < -0.3 is 9.84 Å². The summed E-state index contributed by atoms with van der Waals surface area (Å²) in [6.07, 6.45) is 1.82. The van der Waals surface area contributed by atoms with Crippen molar-refractivity contribution in [1.29, 1.82) is 0 Å². The molecule has 0 saturated carbocycles. The zero-order valence-electron chi connectivity index (χ0n) is 9.41. The van der Waals surface area contributed by atoms with E-state index < -0.39 is 12.0 Å². The Bertz CT molecular complexity index is 203. The topological polar surface area (TPSA) is 46.5 Å². The zero-order valence-corrected chi connectivity index (χ0v) is 9.41. The Morgan fingerprint density at radius 1 is 1.50 bits per heavy atom. The van der Waals surface area contributed by atoms with Gasteiger partial charge in [-0.2, -0.15) is 0 Å². The fourth-order valence-corrected chi connectivity index (χ4v) is 1.10. The number of carbonyl (C=O) groups excluding carboxylic acids is 1. The molecule has 0 aliphatic heterocycles. The first-order valence-electron chi connectivity index (χ1n) is 4.97. The van der Waals surface area contributed by atoms with Gasteiger partial charge in [-0.15, -0.1) is 0 Å². The van der Waals surface area contributed by atoms with Gasteiger partial charge in [0.05, 0.1) is 18.6 Å². The van der Waals surface area contributed by atoms with Crippen LogP contribution in [0.4, 0.5) is 0 Å². The summed E-state index contributed by atoms with van der Waals surface area (Å²) in [4.78, 5) is 11.4. The lowest BCUT2D eigenvalue weighted by Gasteiger charge is -2.16. The van der Waals surface area contributed by atoms with E-state index in [0.29, 0.717) is 13.0 Å². The van der Waals surface area contributed by atoms with E-state index in [1.54, 1.807) is 13.8 Å². The Kier molecular flexibility index (Phi) is 6.21. The number of allylic oxidation sites excluding steroid dienone is 2. The quantitative estimate of drug-likeness (QED) is 0.544. The van der Waals surface area contributed by atoms with E-state index >= 15 is 0 Å². The second kappa shape index (κ2) is 6.60. The number of aliphatic hydroxyl groups is 1. The van der Waals surface area contributed by atoms with Crippen LogP contribution in [0.1, 0.15) is 34.1 Å². The molecule has 2 atom stereocenters. The maximum Gasteiger partial charge on any atom is 0.311 e. The molecule has 1 N–H and O–H groups in total. The van der Waals surface area contributed by atoms with Crippen molar-refractivity contribution in [2.75, 3.05) is 6.61 Å². The summed E-state index contributed by atoms with van der Waals surface area (Å²) in [5.74, 6) is -0.759. The van der Waals surface area contributed by atoms with Crippen LogP contribution in [0.25, 0.3) is 0 Å². The largest absolute Gasteiger partial charge is 0.466 e. The predicted molar refractivity (Wildman–Crippen MR) is 55.9 cm³/mol. The molecule has 3 nitrogen and oxygen atoms in total. The SMILES string of the molecule is CCOC(=O)[C@H](CC=C(C)C)[C@@H](C)O. The van der Waals surface area contributed by atoms with E-state index in [1.807, 2.05) is 19.9 Å². The van der Waals surface area contributed by atoms with E-state index in [2.05, 4.69) is 0 Å². The molecule has 0 aromatic heterocycles. The second-order valence-corrected chi connectivity index (χ2v) is 3.62. The summed E-state index contributed by atoms with van der Waals surface area (Å²) in [6, 6.07) is 0. The van der Waals surface area contributed by atoms with E-state index in [0.717, 1.165) is 5.57 Å². The highest BCUT2D eigenvalue weighted by molar-refractivity contribution is 5.73. The number of carbonyl (C=O) groups is 1. The van der Waals surface area contributed by atoms with Crippen LogP contribution in [-0.4, -0.2) is 23.8 Å². The second-order valence-electron chi connectivity index (χ2n) is 3.62. The Morgan fingerprint density at radius 3 is 2.43 bits per heavy atom. The van der Waals surface area contributed by atoms with Crippen LogP contribution < -0.4 is 0 Å². The first kappa shape index (κ1) is 13.2. The van der Waals surface area contributed by atoms with Crippen LogP contribution in [0.2, 0.25) is 0 Å². The normalized spacial score (nSPS) is 14.4. The minimum absolute atomic E-state index is 0.319. The predicted octanol–water partition coefficient (Wildman–Crippen LogP) is 1.90. The summed E-state index contributed by atoms with van der Waals surface area (Å²) < 4.78 is 4.87. The third-order valence-electron chi connectivity index (χ3n) is 1.95. The highest BCUT2D eigenvalue weighted by atomic mass is 16.5. The van der Waals surface area contributed by atoms with Crippen LogP contribution >= 0.6 is 0 Å². The van der Waals surface area contributed by atoms with E-state index in [-0.39, 0.29) is 5.97 Å². The molecule has 0 aliphatic carbocycles. The first-order chi connectivity index (χ1) is 6.49. The standard InChI is InChI=1S/C11H20O3/c1-5-14-11(13)10(9(4)12)7-6-8(2)3/h6,9-10,12H,5,7H2,1-4H3/t9-,10-/m1/s1. The molecule has 0 fully saturated rings. The summed E-state index contributed by atoms with van der Waals surface area (Å²) in [6.45, 7) is 7.66. The van der Waals surface area contributed by atoms with Crippen molar-refractivity contribution >= 4 is 5.97 Å². The van der Waals surface area contributed by atoms with Crippen LogP contribution in [0.3, 0.4) is 0 Å². The Labute approximate surface area is 85.8 Å². The summed E-state index contributed by atoms with van der Waals surface area (Å²) in [5.41, 5.74) is 1.14. The molecular formula is C11H20O3. The maximum atomic E-state index is 11.4. The van der Waals surface area contributed by atoms with Crippen molar-refractivity contribution in [2.45, 2.75) is 40.2 Å². The number of esters is 1. The number of ether oxygens (including phenoxy) is 1. The zero-order chi connectivity index (χ0) is 11.1. The average Bonchev–Trinajstić information content (AvgIpc) is 2.03. The van der Waals surface area contributed by atoms with Crippen molar-refractivity contribution in [2.24, 2.45) is 5.92 Å². The van der Waals surface area contributed by atoms with Gasteiger partial charge in [-0.25, -0.2) is 0 Å². The molecule has 0 bridgehead atoms. The van der Waals surface area contributed by atoms with Gasteiger partial charge >= 0.3 is 5.97 Å². The smallest absolute Gasteiger partial charge is 0.311 e. The van der Waals surface area contributed by atoms with Crippen LogP contribution in [0.15, 0.2) is 11.6 Å². The fraction of sp³-hybridized carbons (Fsp3) is 0.727. The van der Waals surface area contributed by atoms with E-state index in [1.165, 1.54) is 0 Å². The molecule has 0 amide bonds. The van der Waals surface area contributed by atoms with Gasteiger partial charge in [0.15, 0.2) is 0 Å². The molecule has 0 aromatic carbocycles. The van der Waals surface area contributed by atoms with Crippen LogP contribution in [0.5, 0.6) is 0 Å². The number of aliphatic hydroxyl groups excluding tert-OH is 1. The van der Waals surface area contributed by atoms with Crippen molar-refractivity contribution in [1.82, 2.24) is 0 Å². The first-order valence-corrected chi connectivity index (χ1v) is 4.97. The van der Waals surface area contributed by atoms with Gasteiger partial charge in [-0.05, 0) is 34.1 Å². The Morgan fingerprint density at radius 2 is 2.07 bits per heavy atom. The molecule has 14 heavy (non-hydrogen) atoms. The van der Waals surface area contributed by atoms with Gasteiger partial charge in [0, 0.05) is 0 Å². The molecule has 0 unspecified atom stereocenters. The monoisotopic (exact) mass is 200 g/mol. The molecule has 0 heterocycles. The summed E-state index contributed by atoms with van der Waals surface area (Å²) in [7, 11) is 0. The summed E-state index contributed by atoms with van der Waals surface area (Å²) >= 11 is 0. The molecule has 0 saturated heterocycles. The lowest BCUT2D eigenvalue weighted by atomic mass is 9.99. The van der Waals surface area contributed by atoms with E-state index in [9.17, 15) is 9.90 Å². The Balaban J connectivity index is 4.29. The number of hydrogen-bond donors (Lipinski definition) is 1. The number of rotatable bonds is 5. The van der Waals surface area contributed by atoms with Gasteiger partial charge in [0.25, 0.3) is 0 Å². The lowest BCUT2D eigenvalue weighted by Crippen LogP contribution is -2.27. The molecule has 0 aliphatic rings. The van der Waals surface area contributed by atoms with Gasteiger partial charge in [0.1, 0.15) is 0 Å². The van der Waals surface area contributed by atoms with Crippen molar-refractivity contribution in [3.8, 4) is 0 Å². The van der Waals surface area contributed by atoms with Crippen LogP contribution in [-0.2, 0) is 9.53 Å². The molecule has 0 spiro atoms. The van der Waals surface area contributed by atoms with Gasteiger partial charge in [-0.3, -0.25) is 4.79 Å². The average molecular weight is 200 g/mol. The summed E-state index contributed by atoms with van der Waals surface area (Å²) in [5, 5.41) is 9.39. The van der Waals surface area contributed by atoms with E-state index in [4.69, 9.17) is 4.74 Å². The molecular weight excluding hydrogens is 180 g/mol. The lowest BCUT2D eigenvalue weighted by molar-refractivity contribution is -0.151. The highest BCUT2D eigenvalue weighted by Crippen LogP contribution is 2.13.